The van der Waals surface area contributed by atoms with Gasteiger partial charge in [0.2, 0.25) is 15.9 Å². The quantitative estimate of drug-likeness (QED) is 0.821. The molecule has 0 bridgehead atoms. The van der Waals surface area contributed by atoms with Crippen LogP contribution >= 0.6 is 0 Å². The molecule has 1 aromatic carbocycles. The smallest absolute Gasteiger partial charge is 0.249 e. The molecule has 5 nitrogen and oxygen atoms in total. The molecule has 3 N–H and O–H groups in total. The SMILES string of the molecule is Cc1ccc(S(=O)(=O)NC2CC2)cc1C(N)=O. The molecule has 2 rings (SSSR count). The standard InChI is InChI=1S/C11H14N2O3S/c1-7-2-5-9(6-10(7)11(12)14)17(15,16)13-8-3-4-8/h2,5-6,8,13H,3-4H2,1H3,(H2,12,14). The van der Waals surface area contributed by atoms with Crippen LogP contribution in [0.15, 0.2) is 23.1 Å². The Balaban J connectivity index is 2.38. The first-order chi connectivity index (χ1) is 7.90. The maximum Gasteiger partial charge on any atom is 0.249 e. The molecule has 0 radical (unpaired) electrons. The van der Waals surface area contributed by atoms with Gasteiger partial charge in [-0.1, -0.05) is 6.07 Å². The molecule has 0 saturated heterocycles. The predicted octanol–water partition coefficient (Wildman–Crippen LogP) is 0.535. The summed E-state index contributed by atoms with van der Waals surface area (Å²) >= 11 is 0. The summed E-state index contributed by atoms with van der Waals surface area (Å²) in [4.78, 5) is 11.2. The van der Waals surface area contributed by atoms with Crippen LogP contribution in [0.4, 0.5) is 0 Å². The summed E-state index contributed by atoms with van der Waals surface area (Å²) in [5.74, 6) is -0.619. The van der Waals surface area contributed by atoms with E-state index in [0.717, 1.165) is 12.8 Å². The Hall–Kier alpha value is -1.40. The van der Waals surface area contributed by atoms with Gasteiger partial charge in [-0.2, -0.15) is 0 Å². The van der Waals surface area contributed by atoms with Crippen molar-refractivity contribution in [3.8, 4) is 0 Å². The van der Waals surface area contributed by atoms with E-state index in [-0.39, 0.29) is 16.5 Å². The number of amides is 1. The molecule has 6 heteroatoms. The van der Waals surface area contributed by atoms with Gasteiger partial charge in [0, 0.05) is 11.6 Å². The van der Waals surface area contributed by atoms with Crippen LogP contribution in [-0.2, 0) is 10.0 Å². The molecule has 1 aromatic rings. The lowest BCUT2D eigenvalue weighted by atomic mass is 10.1. The van der Waals surface area contributed by atoms with Crippen LogP contribution in [0, 0.1) is 6.92 Å². The van der Waals surface area contributed by atoms with E-state index in [0.29, 0.717) is 5.56 Å². The average Bonchev–Trinajstić information content (AvgIpc) is 3.00. The van der Waals surface area contributed by atoms with E-state index in [4.69, 9.17) is 5.73 Å². The summed E-state index contributed by atoms with van der Waals surface area (Å²) in [6, 6.07) is 4.43. The first-order valence-electron chi connectivity index (χ1n) is 5.33. The number of carbonyl (C=O) groups excluding carboxylic acids is 1. The van der Waals surface area contributed by atoms with E-state index in [2.05, 4.69) is 4.72 Å². The molecule has 17 heavy (non-hydrogen) atoms. The maximum atomic E-state index is 11.9. The number of nitrogens with two attached hydrogens (primary N) is 1. The predicted molar refractivity (Wildman–Crippen MR) is 63.0 cm³/mol. The maximum absolute atomic E-state index is 11.9. The van der Waals surface area contributed by atoms with E-state index in [1.807, 2.05) is 0 Å². The van der Waals surface area contributed by atoms with E-state index in [1.54, 1.807) is 13.0 Å². The molecule has 1 aliphatic rings. The van der Waals surface area contributed by atoms with Crippen LogP contribution in [0.1, 0.15) is 28.8 Å². The van der Waals surface area contributed by atoms with Gasteiger partial charge in [0.25, 0.3) is 0 Å². The highest BCUT2D eigenvalue weighted by molar-refractivity contribution is 7.89. The number of nitrogens with one attached hydrogen (secondary N) is 1. The van der Waals surface area contributed by atoms with Crippen LogP contribution in [0.2, 0.25) is 0 Å². The number of hydrogen-bond acceptors (Lipinski definition) is 3. The second kappa shape index (κ2) is 4.12. The zero-order valence-corrected chi connectivity index (χ0v) is 10.3. The third-order valence-electron chi connectivity index (χ3n) is 2.68. The molecule has 92 valence electrons. The third-order valence-corrected chi connectivity index (χ3v) is 4.20. The molecule has 1 aliphatic carbocycles. The van der Waals surface area contributed by atoms with Gasteiger partial charge in [0.05, 0.1) is 4.90 Å². The highest BCUT2D eigenvalue weighted by Gasteiger charge is 2.28. The van der Waals surface area contributed by atoms with Crippen molar-refractivity contribution in [2.45, 2.75) is 30.7 Å². The Kier molecular flexibility index (Phi) is 2.92. The topological polar surface area (TPSA) is 89.3 Å². The van der Waals surface area contributed by atoms with E-state index < -0.39 is 15.9 Å². The number of benzene rings is 1. The van der Waals surface area contributed by atoms with Crippen LogP contribution < -0.4 is 10.5 Å². The van der Waals surface area contributed by atoms with Crippen molar-refractivity contribution in [3.63, 3.8) is 0 Å². The normalized spacial score (nSPS) is 15.8. The van der Waals surface area contributed by atoms with Gasteiger partial charge in [0.1, 0.15) is 0 Å². The summed E-state index contributed by atoms with van der Waals surface area (Å²) in [6.45, 7) is 1.71. The van der Waals surface area contributed by atoms with Crippen molar-refractivity contribution in [3.05, 3.63) is 29.3 Å². The van der Waals surface area contributed by atoms with Gasteiger partial charge < -0.3 is 5.73 Å². The fraction of sp³-hybridized carbons (Fsp3) is 0.364. The van der Waals surface area contributed by atoms with Crippen LogP contribution in [0.25, 0.3) is 0 Å². The minimum absolute atomic E-state index is 0.0401. The molecule has 0 spiro atoms. The fourth-order valence-electron chi connectivity index (χ4n) is 1.52. The molecule has 1 fully saturated rings. The van der Waals surface area contributed by atoms with E-state index in [9.17, 15) is 13.2 Å². The molecule has 1 amide bonds. The Labute approximate surface area is 100 Å². The fourth-order valence-corrected chi connectivity index (χ4v) is 2.85. The van der Waals surface area contributed by atoms with Crippen molar-refractivity contribution < 1.29 is 13.2 Å². The number of aryl methyl sites for hydroxylation is 1. The second-order valence-corrected chi connectivity index (χ2v) is 5.95. The highest BCUT2D eigenvalue weighted by atomic mass is 32.2. The summed E-state index contributed by atoms with van der Waals surface area (Å²) in [7, 11) is -3.53. The van der Waals surface area contributed by atoms with E-state index >= 15 is 0 Å². The average molecular weight is 254 g/mol. The molecule has 0 unspecified atom stereocenters. The van der Waals surface area contributed by atoms with E-state index in [1.165, 1.54) is 12.1 Å². The Bertz CT molecular complexity index is 562. The molecule has 0 atom stereocenters. The largest absolute Gasteiger partial charge is 0.366 e. The lowest BCUT2D eigenvalue weighted by Gasteiger charge is -2.08. The first-order valence-corrected chi connectivity index (χ1v) is 6.81. The van der Waals surface area contributed by atoms with Gasteiger partial charge in [-0.05, 0) is 37.5 Å². The molecular weight excluding hydrogens is 240 g/mol. The monoisotopic (exact) mass is 254 g/mol. The lowest BCUT2D eigenvalue weighted by Crippen LogP contribution is -2.26. The first kappa shape index (κ1) is 12.1. The Morgan fingerprint density at radius 1 is 1.41 bits per heavy atom. The van der Waals surface area contributed by atoms with Crippen molar-refractivity contribution in [1.29, 1.82) is 0 Å². The van der Waals surface area contributed by atoms with Crippen molar-refractivity contribution in [2.24, 2.45) is 5.73 Å². The highest BCUT2D eigenvalue weighted by Crippen LogP contribution is 2.23. The van der Waals surface area contributed by atoms with Gasteiger partial charge in [0.15, 0.2) is 0 Å². The zero-order chi connectivity index (χ0) is 12.6. The van der Waals surface area contributed by atoms with Gasteiger partial charge in [-0.3, -0.25) is 4.79 Å². The van der Waals surface area contributed by atoms with Crippen LogP contribution in [-0.4, -0.2) is 20.4 Å². The zero-order valence-electron chi connectivity index (χ0n) is 9.43. The third kappa shape index (κ3) is 2.65. The van der Waals surface area contributed by atoms with Crippen molar-refractivity contribution in [2.75, 3.05) is 0 Å². The number of sulfonamides is 1. The number of hydrogen-bond donors (Lipinski definition) is 2. The summed E-state index contributed by atoms with van der Waals surface area (Å²) in [5, 5.41) is 0. The van der Waals surface area contributed by atoms with Gasteiger partial charge >= 0.3 is 0 Å². The van der Waals surface area contributed by atoms with Gasteiger partial charge in [-0.15, -0.1) is 0 Å². The van der Waals surface area contributed by atoms with Gasteiger partial charge in [-0.25, -0.2) is 13.1 Å². The Morgan fingerprint density at radius 2 is 2.06 bits per heavy atom. The molecule has 0 aromatic heterocycles. The lowest BCUT2D eigenvalue weighted by molar-refractivity contribution is 0.0999. The minimum atomic E-state index is -3.53. The van der Waals surface area contributed by atoms with Crippen molar-refractivity contribution in [1.82, 2.24) is 4.72 Å². The minimum Gasteiger partial charge on any atom is -0.366 e. The molecule has 0 heterocycles. The number of primary amides is 1. The molecule has 1 saturated carbocycles. The number of rotatable bonds is 4. The van der Waals surface area contributed by atoms with Crippen molar-refractivity contribution >= 4 is 15.9 Å². The van der Waals surface area contributed by atoms with Crippen LogP contribution in [0.5, 0.6) is 0 Å². The molecule has 0 aliphatic heterocycles. The molecular formula is C11H14N2O3S. The second-order valence-electron chi connectivity index (χ2n) is 4.24. The Morgan fingerprint density at radius 3 is 2.59 bits per heavy atom. The summed E-state index contributed by atoms with van der Waals surface area (Å²) in [6.07, 6.45) is 1.74. The number of carbonyl (C=O) groups is 1. The van der Waals surface area contributed by atoms with Crippen LogP contribution in [0.3, 0.4) is 0 Å². The summed E-state index contributed by atoms with van der Waals surface area (Å²) < 4.78 is 26.4. The summed E-state index contributed by atoms with van der Waals surface area (Å²) in [5.41, 5.74) is 6.10.